The van der Waals surface area contributed by atoms with Gasteiger partial charge in [0.25, 0.3) is 5.91 Å². The number of benzene rings is 1. The highest BCUT2D eigenvalue weighted by Crippen LogP contribution is 2.32. The van der Waals surface area contributed by atoms with Gasteiger partial charge in [0.2, 0.25) is 0 Å². The van der Waals surface area contributed by atoms with Gasteiger partial charge in [-0.1, -0.05) is 23.2 Å². The zero-order valence-corrected chi connectivity index (χ0v) is 11.3. The van der Waals surface area contributed by atoms with Crippen LogP contribution in [0.15, 0.2) is 16.5 Å². The van der Waals surface area contributed by atoms with Crippen molar-refractivity contribution in [1.29, 1.82) is 0 Å². The van der Waals surface area contributed by atoms with E-state index in [2.05, 4.69) is 16.8 Å². The van der Waals surface area contributed by atoms with E-state index in [0.717, 1.165) is 25.9 Å². The van der Waals surface area contributed by atoms with Gasteiger partial charge in [-0.3, -0.25) is 4.79 Å². The fraction of sp³-hybridized carbons (Fsp3) is 0.364. The van der Waals surface area contributed by atoms with Gasteiger partial charge in [0.05, 0.1) is 21.3 Å². The predicted octanol–water partition coefficient (Wildman–Crippen LogP) is 3.59. The van der Waals surface area contributed by atoms with E-state index in [0.29, 0.717) is 21.3 Å². The zero-order chi connectivity index (χ0) is 12.4. The third kappa shape index (κ3) is 2.59. The number of rotatable bonds is 2. The summed E-state index contributed by atoms with van der Waals surface area (Å²) in [6, 6.07) is 3.12. The number of likely N-dealkylation sites (tertiary alicyclic amines) is 1. The molecule has 0 spiro atoms. The molecule has 0 aromatic heterocycles. The van der Waals surface area contributed by atoms with Gasteiger partial charge in [0, 0.05) is 25.5 Å². The minimum absolute atomic E-state index is 0.117. The van der Waals surface area contributed by atoms with Crippen LogP contribution in [0.1, 0.15) is 23.2 Å². The van der Waals surface area contributed by atoms with E-state index in [1.807, 2.05) is 0 Å². The summed E-state index contributed by atoms with van der Waals surface area (Å²) in [5.74, 6) is -0.117. The molecular formula is C11H10Cl2N2OS. The maximum atomic E-state index is 12.2. The SMILES string of the molecule is O=C(c1c(Cl)cc(N=S)cc1Cl)N1CCCC1. The molecule has 0 N–H and O–H groups in total. The topological polar surface area (TPSA) is 32.7 Å². The Bertz CT molecular complexity index is 450. The largest absolute Gasteiger partial charge is 0.339 e. The maximum Gasteiger partial charge on any atom is 0.256 e. The lowest BCUT2D eigenvalue weighted by Gasteiger charge is -2.17. The first-order valence-electron chi connectivity index (χ1n) is 5.25. The molecule has 1 aliphatic heterocycles. The van der Waals surface area contributed by atoms with Crippen molar-refractivity contribution in [2.75, 3.05) is 13.1 Å². The van der Waals surface area contributed by atoms with Crippen molar-refractivity contribution in [3.05, 3.63) is 27.7 Å². The molecule has 1 aromatic rings. The summed E-state index contributed by atoms with van der Waals surface area (Å²) < 4.78 is 3.58. The third-order valence-electron chi connectivity index (χ3n) is 2.74. The van der Waals surface area contributed by atoms with Crippen molar-refractivity contribution in [3.8, 4) is 0 Å². The van der Waals surface area contributed by atoms with Gasteiger partial charge in [-0.05, 0) is 25.0 Å². The molecule has 6 heteroatoms. The highest BCUT2D eigenvalue weighted by atomic mass is 35.5. The fourth-order valence-corrected chi connectivity index (χ4v) is 2.64. The number of nitrogens with zero attached hydrogens (tertiary/aromatic N) is 2. The Balaban J connectivity index is 2.37. The van der Waals surface area contributed by atoms with Crippen LogP contribution in [0, 0.1) is 0 Å². The monoisotopic (exact) mass is 288 g/mol. The van der Waals surface area contributed by atoms with Gasteiger partial charge < -0.3 is 4.90 Å². The first-order chi connectivity index (χ1) is 8.13. The number of carbonyl (C=O) groups is 1. The summed E-state index contributed by atoms with van der Waals surface area (Å²) in [6.45, 7) is 1.53. The summed E-state index contributed by atoms with van der Waals surface area (Å²) in [5.41, 5.74) is 0.839. The number of hydrogen-bond acceptors (Lipinski definition) is 3. The van der Waals surface area contributed by atoms with Crippen LogP contribution in [-0.2, 0) is 12.4 Å². The van der Waals surface area contributed by atoms with E-state index >= 15 is 0 Å². The van der Waals surface area contributed by atoms with Crippen molar-refractivity contribution in [2.45, 2.75) is 12.8 Å². The van der Waals surface area contributed by atoms with Crippen LogP contribution < -0.4 is 0 Å². The molecule has 1 fully saturated rings. The van der Waals surface area contributed by atoms with Crippen LogP contribution in [-0.4, -0.2) is 23.9 Å². The minimum atomic E-state index is -0.117. The molecule has 0 atom stereocenters. The number of halogens is 2. The van der Waals surface area contributed by atoms with Gasteiger partial charge >= 0.3 is 0 Å². The normalized spacial score (nSPS) is 15.1. The summed E-state index contributed by atoms with van der Waals surface area (Å²) in [4.78, 5) is 14.0. The van der Waals surface area contributed by atoms with E-state index in [1.165, 1.54) is 0 Å². The standard InChI is InChI=1S/C11H10Cl2N2OS/c12-8-5-7(14-17)6-9(13)10(8)11(16)15-3-1-2-4-15/h5-6H,1-4H2. The minimum Gasteiger partial charge on any atom is -0.339 e. The lowest BCUT2D eigenvalue weighted by atomic mass is 10.2. The molecule has 3 nitrogen and oxygen atoms in total. The molecule has 1 aromatic carbocycles. The Morgan fingerprint density at radius 3 is 2.24 bits per heavy atom. The van der Waals surface area contributed by atoms with Crippen molar-refractivity contribution >= 4 is 47.2 Å². The Labute approximate surface area is 115 Å². The first-order valence-corrected chi connectivity index (χ1v) is 6.37. The summed E-state index contributed by atoms with van der Waals surface area (Å²) in [5, 5.41) is 0.607. The first kappa shape index (κ1) is 12.7. The molecule has 1 aliphatic rings. The van der Waals surface area contributed by atoms with E-state index in [4.69, 9.17) is 23.2 Å². The summed E-state index contributed by atoms with van der Waals surface area (Å²) in [7, 11) is 0. The van der Waals surface area contributed by atoms with Gasteiger partial charge in [-0.2, -0.15) is 4.36 Å². The number of carbonyl (C=O) groups excluding carboxylic acids is 1. The summed E-state index contributed by atoms with van der Waals surface area (Å²) >= 11 is 16.7. The Morgan fingerprint density at radius 2 is 1.76 bits per heavy atom. The molecule has 2 rings (SSSR count). The van der Waals surface area contributed by atoms with Crippen LogP contribution in [0.5, 0.6) is 0 Å². The lowest BCUT2D eigenvalue weighted by molar-refractivity contribution is 0.0793. The quantitative estimate of drug-likeness (QED) is 0.833. The fourth-order valence-electron chi connectivity index (χ4n) is 1.90. The average Bonchev–Trinajstić information content (AvgIpc) is 2.81. The Hall–Kier alpha value is -0.710. The third-order valence-corrected chi connectivity index (χ3v) is 3.55. The Morgan fingerprint density at radius 1 is 1.24 bits per heavy atom. The average molecular weight is 289 g/mol. The van der Waals surface area contributed by atoms with Crippen molar-refractivity contribution in [2.24, 2.45) is 4.36 Å². The molecule has 0 aliphatic carbocycles. The van der Waals surface area contributed by atoms with E-state index in [9.17, 15) is 4.79 Å². The van der Waals surface area contributed by atoms with Crippen molar-refractivity contribution < 1.29 is 4.79 Å². The molecule has 1 heterocycles. The molecular weight excluding hydrogens is 279 g/mol. The van der Waals surface area contributed by atoms with E-state index in [-0.39, 0.29) is 5.91 Å². The smallest absolute Gasteiger partial charge is 0.256 e. The number of amides is 1. The van der Waals surface area contributed by atoms with Crippen molar-refractivity contribution in [3.63, 3.8) is 0 Å². The van der Waals surface area contributed by atoms with Gasteiger partial charge in [-0.15, -0.1) is 0 Å². The molecule has 0 saturated carbocycles. The molecule has 0 radical (unpaired) electrons. The second kappa shape index (κ2) is 5.29. The maximum absolute atomic E-state index is 12.2. The summed E-state index contributed by atoms with van der Waals surface area (Å²) in [6.07, 6.45) is 2.06. The van der Waals surface area contributed by atoms with E-state index in [1.54, 1.807) is 17.0 Å². The number of hydrogen-bond donors (Lipinski definition) is 0. The lowest BCUT2D eigenvalue weighted by Crippen LogP contribution is -2.28. The Kier molecular flexibility index (Phi) is 3.97. The molecule has 0 bridgehead atoms. The zero-order valence-electron chi connectivity index (χ0n) is 8.95. The molecule has 90 valence electrons. The van der Waals surface area contributed by atoms with Crippen LogP contribution in [0.4, 0.5) is 5.69 Å². The second-order valence-corrected chi connectivity index (χ2v) is 4.87. The molecule has 17 heavy (non-hydrogen) atoms. The molecule has 0 unspecified atom stereocenters. The van der Waals surface area contributed by atoms with Gasteiger partial charge in [0.1, 0.15) is 0 Å². The van der Waals surface area contributed by atoms with Crippen molar-refractivity contribution in [1.82, 2.24) is 4.90 Å². The molecule has 1 saturated heterocycles. The highest BCUT2D eigenvalue weighted by molar-refractivity contribution is 7.47. The van der Waals surface area contributed by atoms with Crippen LogP contribution in [0.3, 0.4) is 0 Å². The van der Waals surface area contributed by atoms with Crippen LogP contribution in [0.2, 0.25) is 10.0 Å². The van der Waals surface area contributed by atoms with Gasteiger partial charge in [-0.25, -0.2) is 0 Å². The van der Waals surface area contributed by atoms with Crippen LogP contribution in [0.25, 0.3) is 0 Å². The van der Waals surface area contributed by atoms with Crippen LogP contribution >= 0.6 is 23.2 Å². The second-order valence-electron chi connectivity index (χ2n) is 3.88. The predicted molar refractivity (Wildman–Crippen MR) is 71.1 cm³/mol. The highest BCUT2D eigenvalue weighted by Gasteiger charge is 2.24. The van der Waals surface area contributed by atoms with E-state index < -0.39 is 0 Å². The van der Waals surface area contributed by atoms with Gasteiger partial charge in [0.15, 0.2) is 0 Å². The molecule has 1 amide bonds.